The van der Waals surface area contributed by atoms with Gasteiger partial charge in [0.2, 0.25) is 0 Å². The molecule has 0 heterocycles. The molecule has 0 bridgehead atoms. The van der Waals surface area contributed by atoms with Crippen LogP contribution < -0.4 is 4.74 Å². The minimum Gasteiger partial charge on any atom is -0.493 e. The van der Waals surface area contributed by atoms with Crippen LogP contribution in [0.5, 0.6) is 5.75 Å². The molecule has 2 nitrogen and oxygen atoms in total. The largest absolute Gasteiger partial charge is 0.493 e. The Bertz CT molecular complexity index is 449. The van der Waals surface area contributed by atoms with Gasteiger partial charge in [0.1, 0.15) is 5.75 Å². The Morgan fingerprint density at radius 2 is 2.11 bits per heavy atom. The number of hydrogen-bond donors (Lipinski definition) is 0. The van der Waals surface area contributed by atoms with E-state index >= 15 is 0 Å². The summed E-state index contributed by atoms with van der Waals surface area (Å²) in [4.78, 5) is 11.2. The number of carbonyl (C=O) groups is 1. The molecule has 0 aliphatic carbocycles. The normalized spacial score (nSPS) is 11.4. The molecule has 0 amide bonds. The fourth-order valence-electron chi connectivity index (χ4n) is 1.41. The Balaban J connectivity index is 2.97. The Morgan fingerprint density at radius 3 is 2.63 bits per heavy atom. The molecular formula is C12H12ClF3O2S. The van der Waals surface area contributed by atoms with Crippen molar-refractivity contribution in [2.24, 2.45) is 0 Å². The molecule has 1 aromatic carbocycles. The van der Waals surface area contributed by atoms with Crippen LogP contribution in [0.15, 0.2) is 23.1 Å². The summed E-state index contributed by atoms with van der Waals surface area (Å²) in [5.74, 6) is -0.187. The molecule has 0 atom stereocenters. The Labute approximate surface area is 118 Å². The highest BCUT2D eigenvalue weighted by Crippen LogP contribution is 2.41. The van der Waals surface area contributed by atoms with Crippen LogP contribution in [0.1, 0.15) is 12.5 Å². The lowest BCUT2D eigenvalue weighted by Gasteiger charge is -2.12. The highest BCUT2D eigenvalue weighted by molar-refractivity contribution is 8.00. The quantitative estimate of drug-likeness (QED) is 0.585. The predicted octanol–water partition coefficient (Wildman–Crippen LogP) is 4.05. The van der Waals surface area contributed by atoms with Crippen LogP contribution in [0, 0.1) is 0 Å². The summed E-state index contributed by atoms with van der Waals surface area (Å²) in [5, 5.41) is 0. The molecule has 0 radical (unpaired) electrons. The SMILES string of the molecule is CCOc1cc(CC(=O)CCl)ccc1SC(F)(F)F. The van der Waals surface area contributed by atoms with E-state index in [2.05, 4.69) is 0 Å². The second-order valence-electron chi connectivity index (χ2n) is 3.61. The molecule has 19 heavy (non-hydrogen) atoms. The number of alkyl halides is 4. The molecule has 0 fully saturated rings. The number of rotatable bonds is 6. The van der Waals surface area contributed by atoms with E-state index in [4.69, 9.17) is 16.3 Å². The van der Waals surface area contributed by atoms with E-state index in [9.17, 15) is 18.0 Å². The third-order valence-electron chi connectivity index (χ3n) is 2.08. The third-order valence-corrected chi connectivity index (χ3v) is 3.17. The first kappa shape index (κ1) is 16.2. The lowest BCUT2D eigenvalue weighted by atomic mass is 10.1. The minimum absolute atomic E-state index is 0.0172. The van der Waals surface area contributed by atoms with Crippen LogP contribution >= 0.6 is 23.4 Å². The summed E-state index contributed by atoms with van der Waals surface area (Å²) < 4.78 is 42.3. The van der Waals surface area contributed by atoms with Crippen molar-refractivity contribution in [3.05, 3.63) is 23.8 Å². The smallest absolute Gasteiger partial charge is 0.446 e. The van der Waals surface area contributed by atoms with Gasteiger partial charge in [0.15, 0.2) is 5.78 Å². The van der Waals surface area contributed by atoms with E-state index in [0.717, 1.165) is 0 Å². The van der Waals surface area contributed by atoms with Crippen LogP contribution in [-0.2, 0) is 11.2 Å². The maximum atomic E-state index is 12.4. The second-order valence-corrected chi connectivity index (χ2v) is 4.99. The molecule has 106 valence electrons. The van der Waals surface area contributed by atoms with Crippen LogP contribution in [0.4, 0.5) is 13.2 Å². The number of ketones is 1. The van der Waals surface area contributed by atoms with Gasteiger partial charge in [-0.1, -0.05) is 6.07 Å². The number of Topliss-reactive ketones (excluding diaryl/α,β-unsaturated/α-hetero) is 1. The zero-order valence-corrected chi connectivity index (χ0v) is 11.7. The van der Waals surface area contributed by atoms with Crippen molar-refractivity contribution >= 4 is 29.1 Å². The van der Waals surface area contributed by atoms with Gasteiger partial charge < -0.3 is 4.74 Å². The summed E-state index contributed by atoms with van der Waals surface area (Å²) in [7, 11) is 0. The number of thioether (sulfide) groups is 1. The average Bonchev–Trinajstić information content (AvgIpc) is 2.31. The van der Waals surface area contributed by atoms with Crippen molar-refractivity contribution in [3.8, 4) is 5.75 Å². The van der Waals surface area contributed by atoms with Crippen LogP contribution in [0.25, 0.3) is 0 Å². The molecule has 1 aromatic rings. The van der Waals surface area contributed by atoms with Gasteiger partial charge in [-0.05, 0) is 36.4 Å². The summed E-state index contributed by atoms with van der Waals surface area (Å²) in [6, 6.07) is 4.23. The van der Waals surface area contributed by atoms with E-state index in [1.54, 1.807) is 6.92 Å². The highest BCUT2D eigenvalue weighted by Gasteiger charge is 2.30. The Hall–Kier alpha value is -0.880. The zero-order valence-electron chi connectivity index (χ0n) is 10.1. The van der Waals surface area contributed by atoms with Crippen molar-refractivity contribution in [2.75, 3.05) is 12.5 Å². The van der Waals surface area contributed by atoms with Crippen molar-refractivity contribution < 1.29 is 22.7 Å². The van der Waals surface area contributed by atoms with Gasteiger partial charge in [0.25, 0.3) is 0 Å². The second kappa shape index (κ2) is 7.05. The Morgan fingerprint density at radius 1 is 1.42 bits per heavy atom. The fourth-order valence-corrected chi connectivity index (χ4v) is 2.11. The summed E-state index contributed by atoms with van der Waals surface area (Å²) in [6.07, 6.45) is 0.0839. The van der Waals surface area contributed by atoms with E-state index in [1.807, 2.05) is 0 Å². The standard InChI is InChI=1S/C12H12ClF3O2S/c1-2-18-10-6-8(5-9(17)7-13)3-4-11(10)19-12(14,15)16/h3-4,6H,2,5,7H2,1H3. The first-order chi connectivity index (χ1) is 8.85. The van der Waals surface area contributed by atoms with Gasteiger partial charge in [0, 0.05) is 6.42 Å². The lowest BCUT2D eigenvalue weighted by molar-refractivity contribution is -0.116. The molecule has 0 saturated heterocycles. The van der Waals surface area contributed by atoms with Crippen LogP contribution in [0.3, 0.4) is 0 Å². The van der Waals surface area contributed by atoms with Crippen LogP contribution in [-0.4, -0.2) is 23.8 Å². The molecule has 0 aromatic heterocycles. The Kier molecular flexibility index (Phi) is 6.00. The molecular weight excluding hydrogens is 301 g/mol. The predicted molar refractivity (Wildman–Crippen MR) is 69.0 cm³/mol. The summed E-state index contributed by atoms with van der Waals surface area (Å²) in [6.45, 7) is 1.93. The van der Waals surface area contributed by atoms with Crippen molar-refractivity contribution in [1.82, 2.24) is 0 Å². The number of hydrogen-bond acceptors (Lipinski definition) is 3. The van der Waals surface area contributed by atoms with Gasteiger partial charge >= 0.3 is 5.51 Å². The van der Waals surface area contributed by atoms with E-state index in [1.165, 1.54) is 18.2 Å². The van der Waals surface area contributed by atoms with Crippen LogP contribution in [0.2, 0.25) is 0 Å². The molecule has 1 rings (SSSR count). The molecule has 0 spiro atoms. The van der Waals surface area contributed by atoms with E-state index in [-0.39, 0.29) is 47.1 Å². The maximum absolute atomic E-state index is 12.4. The highest BCUT2D eigenvalue weighted by atomic mass is 35.5. The van der Waals surface area contributed by atoms with Crippen molar-refractivity contribution in [3.63, 3.8) is 0 Å². The van der Waals surface area contributed by atoms with Gasteiger partial charge in [-0.25, -0.2) is 0 Å². The van der Waals surface area contributed by atoms with E-state index < -0.39 is 5.51 Å². The fraction of sp³-hybridized carbons (Fsp3) is 0.417. The van der Waals surface area contributed by atoms with Gasteiger partial charge in [-0.3, -0.25) is 4.79 Å². The van der Waals surface area contributed by atoms with Gasteiger partial charge in [-0.2, -0.15) is 13.2 Å². The first-order valence-corrected chi connectivity index (χ1v) is 6.80. The molecule has 0 saturated carbocycles. The van der Waals surface area contributed by atoms with Gasteiger partial charge in [-0.15, -0.1) is 11.6 Å². The topological polar surface area (TPSA) is 26.3 Å². The minimum atomic E-state index is -4.38. The number of ether oxygens (including phenoxy) is 1. The molecule has 0 aliphatic heterocycles. The molecule has 0 aliphatic rings. The van der Waals surface area contributed by atoms with Crippen molar-refractivity contribution in [1.29, 1.82) is 0 Å². The summed E-state index contributed by atoms with van der Waals surface area (Å²) >= 11 is 5.15. The first-order valence-electron chi connectivity index (χ1n) is 5.45. The lowest BCUT2D eigenvalue weighted by Crippen LogP contribution is -2.05. The zero-order chi connectivity index (χ0) is 14.5. The average molecular weight is 313 g/mol. The number of halogens is 4. The number of benzene rings is 1. The number of carbonyl (C=O) groups excluding carboxylic acids is 1. The van der Waals surface area contributed by atoms with E-state index in [0.29, 0.717) is 5.56 Å². The monoisotopic (exact) mass is 312 g/mol. The molecule has 7 heteroatoms. The molecule has 0 N–H and O–H groups in total. The third kappa shape index (κ3) is 5.74. The summed E-state index contributed by atoms with van der Waals surface area (Å²) in [5.41, 5.74) is -3.79. The molecule has 0 unspecified atom stereocenters. The maximum Gasteiger partial charge on any atom is 0.446 e. The van der Waals surface area contributed by atoms with Gasteiger partial charge in [0.05, 0.1) is 17.4 Å². The van der Waals surface area contributed by atoms with Crippen molar-refractivity contribution in [2.45, 2.75) is 23.7 Å².